The monoisotopic (exact) mass is 345 g/mol. The molecule has 0 aromatic heterocycles. The van der Waals surface area contributed by atoms with Gasteiger partial charge in [-0.25, -0.2) is 0 Å². The highest BCUT2D eigenvalue weighted by Crippen LogP contribution is 2.50. The summed E-state index contributed by atoms with van der Waals surface area (Å²) in [5.74, 6) is 2.11. The molecule has 3 atom stereocenters. The van der Waals surface area contributed by atoms with Crippen LogP contribution in [0.2, 0.25) is 5.02 Å². The van der Waals surface area contributed by atoms with Crippen LogP contribution in [0.3, 0.4) is 0 Å². The third kappa shape index (κ3) is 2.39. The zero-order valence-corrected chi connectivity index (χ0v) is 15.1. The Kier molecular flexibility index (Phi) is 3.92. The normalized spacial score (nSPS) is 32.7. The van der Waals surface area contributed by atoms with Gasteiger partial charge in [-0.1, -0.05) is 30.7 Å². The lowest BCUT2D eigenvalue weighted by molar-refractivity contribution is -0.131. The molecule has 1 spiro atoms. The van der Waals surface area contributed by atoms with Crippen LogP contribution in [0.25, 0.3) is 0 Å². The van der Waals surface area contributed by atoms with Crippen LogP contribution < -0.4 is 0 Å². The Hall–Kier alpha value is -1.39. The Morgan fingerprint density at radius 3 is 2.92 bits per heavy atom. The molecule has 1 saturated heterocycles. The Morgan fingerprint density at radius 1 is 1.38 bits per heavy atom. The molecule has 0 radical (unpaired) electrons. The fourth-order valence-electron chi connectivity index (χ4n) is 4.89. The molecule has 0 N–H and O–H groups in total. The number of nitrogens with zero attached hydrogens (tertiary/aromatic N) is 3. The minimum Gasteiger partial charge on any atom is -0.302 e. The summed E-state index contributed by atoms with van der Waals surface area (Å²) in [6, 6.07) is 8.07. The predicted molar refractivity (Wildman–Crippen MR) is 96.2 cm³/mol. The molecule has 1 aromatic rings. The maximum Gasteiger partial charge on any atom is 0.255 e. The van der Waals surface area contributed by atoms with Crippen LogP contribution in [0, 0.1) is 11.8 Å². The van der Waals surface area contributed by atoms with Gasteiger partial charge in [-0.3, -0.25) is 14.7 Å². The minimum atomic E-state index is -0.478. The molecule has 2 fully saturated rings. The number of amidine groups is 1. The summed E-state index contributed by atoms with van der Waals surface area (Å²) in [7, 11) is 1.88. The van der Waals surface area contributed by atoms with Crippen LogP contribution in [-0.2, 0) is 11.3 Å². The highest BCUT2D eigenvalue weighted by molar-refractivity contribution is 6.30. The number of rotatable bonds is 3. The minimum absolute atomic E-state index is 0.219. The summed E-state index contributed by atoms with van der Waals surface area (Å²) < 4.78 is 0. The van der Waals surface area contributed by atoms with E-state index in [-0.39, 0.29) is 5.91 Å². The Labute approximate surface area is 148 Å². The molecular formula is C19H24ClN3O. The molecule has 24 heavy (non-hydrogen) atoms. The average molecular weight is 346 g/mol. The number of hydrogen-bond acceptors (Lipinski definition) is 3. The van der Waals surface area contributed by atoms with Crippen LogP contribution in [-0.4, -0.2) is 47.2 Å². The predicted octanol–water partition coefficient (Wildman–Crippen LogP) is 3.20. The molecule has 1 amide bonds. The smallest absolute Gasteiger partial charge is 0.255 e. The molecule has 5 heteroatoms. The summed E-state index contributed by atoms with van der Waals surface area (Å²) in [4.78, 5) is 22.1. The van der Waals surface area contributed by atoms with Gasteiger partial charge in [0.05, 0.1) is 0 Å². The zero-order valence-electron chi connectivity index (χ0n) is 14.3. The van der Waals surface area contributed by atoms with Gasteiger partial charge in [0, 0.05) is 44.0 Å². The van der Waals surface area contributed by atoms with Crippen molar-refractivity contribution >= 4 is 23.3 Å². The maximum atomic E-state index is 12.9. The van der Waals surface area contributed by atoms with Gasteiger partial charge in [0.15, 0.2) is 0 Å². The van der Waals surface area contributed by atoms with Crippen LogP contribution in [0.15, 0.2) is 29.3 Å². The van der Waals surface area contributed by atoms with Crippen molar-refractivity contribution in [1.29, 1.82) is 0 Å². The number of likely N-dealkylation sites (N-methyl/N-ethyl adjacent to an activating group) is 1. The fourth-order valence-corrected chi connectivity index (χ4v) is 5.10. The number of fused-ring (bicyclic) bond motifs is 2. The molecule has 128 valence electrons. The number of carbonyl (C=O) groups excluding carboxylic acids is 1. The molecule has 1 aliphatic carbocycles. The highest BCUT2D eigenvalue weighted by atomic mass is 35.5. The second kappa shape index (κ2) is 5.85. The molecule has 4 rings (SSSR count). The first kappa shape index (κ1) is 16.1. The lowest BCUT2D eigenvalue weighted by Gasteiger charge is -2.27. The van der Waals surface area contributed by atoms with Crippen molar-refractivity contribution in [2.75, 3.05) is 20.1 Å². The topological polar surface area (TPSA) is 35.9 Å². The second-order valence-corrected chi connectivity index (χ2v) is 7.84. The van der Waals surface area contributed by atoms with Gasteiger partial charge >= 0.3 is 0 Å². The van der Waals surface area contributed by atoms with E-state index in [1.54, 1.807) is 4.90 Å². The van der Waals surface area contributed by atoms with E-state index in [1.807, 2.05) is 25.2 Å². The van der Waals surface area contributed by atoms with Crippen molar-refractivity contribution < 1.29 is 4.79 Å². The van der Waals surface area contributed by atoms with Gasteiger partial charge in [-0.2, -0.15) is 0 Å². The summed E-state index contributed by atoms with van der Waals surface area (Å²) in [6.45, 7) is 5.00. The quantitative estimate of drug-likeness (QED) is 0.843. The highest BCUT2D eigenvalue weighted by Gasteiger charge is 2.60. The number of carbonyl (C=O) groups is 1. The van der Waals surface area contributed by atoms with Crippen LogP contribution >= 0.6 is 11.6 Å². The van der Waals surface area contributed by atoms with E-state index in [1.165, 1.54) is 5.56 Å². The molecule has 2 heterocycles. The third-order valence-corrected chi connectivity index (χ3v) is 6.26. The number of amides is 1. The van der Waals surface area contributed by atoms with Crippen molar-refractivity contribution in [2.24, 2.45) is 16.8 Å². The first-order valence-electron chi connectivity index (χ1n) is 8.87. The molecule has 3 aliphatic rings. The van der Waals surface area contributed by atoms with E-state index in [4.69, 9.17) is 16.6 Å². The molecule has 4 nitrogen and oxygen atoms in total. The number of aliphatic imine (C=N–C) groups is 1. The number of likely N-dealkylation sites (tertiary alicyclic amines) is 1. The van der Waals surface area contributed by atoms with Gasteiger partial charge < -0.3 is 4.90 Å². The summed E-state index contributed by atoms with van der Waals surface area (Å²) in [5.41, 5.74) is 0.762. The van der Waals surface area contributed by atoms with Crippen LogP contribution in [0.1, 0.15) is 31.7 Å². The Balaban J connectivity index is 1.54. The van der Waals surface area contributed by atoms with Crippen molar-refractivity contribution in [1.82, 2.24) is 9.80 Å². The van der Waals surface area contributed by atoms with Gasteiger partial charge in [-0.05, 0) is 36.5 Å². The first-order chi connectivity index (χ1) is 11.5. The van der Waals surface area contributed by atoms with E-state index in [0.29, 0.717) is 11.8 Å². The van der Waals surface area contributed by atoms with Gasteiger partial charge in [0.1, 0.15) is 11.4 Å². The van der Waals surface area contributed by atoms with E-state index in [0.717, 1.165) is 49.8 Å². The summed E-state index contributed by atoms with van der Waals surface area (Å²) in [6.07, 6.45) is 2.85. The number of benzene rings is 1. The Bertz CT molecular complexity index is 704. The van der Waals surface area contributed by atoms with Crippen molar-refractivity contribution in [2.45, 2.75) is 38.3 Å². The molecule has 2 aliphatic heterocycles. The third-order valence-electron chi connectivity index (χ3n) is 6.03. The van der Waals surface area contributed by atoms with E-state index >= 15 is 0 Å². The number of hydrogen-bond donors (Lipinski definition) is 0. The van der Waals surface area contributed by atoms with E-state index in [9.17, 15) is 4.79 Å². The largest absolute Gasteiger partial charge is 0.302 e. The van der Waals surface area contributed by atoms with Crippen LogP contribution in [0.5, 0.6) is 0 Å². The Morgan fingerprint density at radius 2 is 2.21 bits per heavy atom. The molecule has 1 aromatic carbocycles. The average Bonchev–Trinajstić information content (AvgIpc) is 3.17. The summed E-state index contributed by atoms with van der Waals surface area (Å²) in [5, 5.41) is 0.785. The van der Waals surface area contributed by atoms with Gasteiger partial charge in [0.2, 0.25) is 0 Å². The van der Waals surface area contributed by atoms with Gasteiger partial charge in [-0.15, -0.1) is 0 Å². The lowest BCUT2D eigenvalue weighted by atomic mass is 9.85. The first-order valence-corrected chi connectivity index (χ1v) is 9.25. The fraction of sp³-hybridized carbons (Fsp3) is 0.579. The molecular weight excluding hydrogens is 322 g/mol. The maximum absolute atomic E-state index is 12.9. The summed E-state index contributed by atoms with van der Waals surface area (Å²) >= 11 is 6.11. The van der Waals surface area contributed by atoms with Crippen molar-refractivity contribution in [3.63, 3.8) is 0 Å². The number of halogens is 1. The van der Waals surface area contributed by atoms with E-state index < -0.39 is 5.54 Å². The van der Waals surface area contributed by atoms with Crippen LogP contribution in [0.4, 0.5) is 0 Å². The molecule has 0 unspecified atom stereocenters. The van der Waals surface area contributed by atoms with Crippen molar-refractivity contribution in [3.05, 3.63) is 34.9 Å². The second-order valence-electron chi connectivity index (χ2n) is 7.40. The van der Waals surface area contributed by atoms with E-state index in [2.05, 4.69) is 17.9 Å². The van der Waals surface area contributed by atoms with Gasteiger partial charge in [0.25, 0.3) is 5.91 Å². The SMILES string of the molecule is CCC1=N[C@]2(CC[C@H]3CN(Cc4cccc(Cl)c4)C[C@H]32)C(=O)N1C. The van der Waals surface area contributed by atoms with Crippen molar-refractivity contribution in [3.8, 4) is 0 Å². The standard InChI is InChI=1S/C19H24ClN3O/c1-3-17-21-19(18(24)22(17)2)8-7-14-11-23(12-16(14)19)10-13-5-4-6-15(20)9-13/h4-6,9,14,16H,3,7-8,10-12H2,1-2H3/t14-,16+,19-/m0/s1. The molecule has 1 saturated carbocycles. The zero-order chi connectivity index (χ0) is 16.9. The molecule has 0 bridgehead atoms. The lowest BCUT2D eigenvalue weighted by Crippen LogP contribution is -2.45.